The molecule has 2 rings (SSSR count). The zero-order valence-electron chi connectivity index (χ0n) is 13.0. The first kappa shape index (κ1) is 17.2. The molecule has 2 aromatic carbocycles. The monoisotopic (exact) mass is 329 g/mol. The molecule has 1 amide bonds. The van der Waals surface area contributed by atoms with Gasteiger partial charge in [-0.3, -0.25) is 4.79 Å². The van der Waals surface area contributed by atoms with Gasteiger partial charge in [-0.05, 0) is 36.4 Å². The highest BCUT2D eigenvalue weighted by Gasteiger charge is 2.06. The number of esters is 1. The number of rotatable bonds is 6. The summed E-state index contributed by atoms with van der Waals surface area (Å²) in [4.78, 5) is 23.3. The molecule has 0 atom stereocenters. The lowest BCUT2D eigenvalue weighted by atomic mass is 10.2. The van der Waals surface area contributed by atoms with Gasteiger partial charge in [-0.15, -0.1) is 0 Å². The molecule has 0 heterocycles. The standard InChI is InChI=1S/C18H16FNO4/c1-23-16-5-3-2-4-13(16)6-11-18(22)24-12-17(21)20-15-9-7-14(19)8-10-15/h2-11H,12H2,1H3,(H,20,21). The second kappa shape index (κ2) is 8.47. The summed E-state index contributed by atoms with van der Waals surface area (Å²) in [5.41, 5.74) is 1.13. The summed E-state index contributed by atoms with van der Waals surface area (Å²) in [5.74, 6) is -0.952. The molecule has 0 aliphatic carbocycles. The van der Waals surface area contributed by atoms with E-state index in [9.17, 15) is 14.0 Å². The molecule has 0 aromatic heterocycles. The van der Waals surface area contributed by atoms with Crippen LogP contribution in [0, 0.1) is 5.82 Å². The Morgan fingerprint density at radius 3 is 2.54 bits per heavy atom. The molecular weight excluding hydrogens is 313 g/mol. The first-order valence-corrected chi connectivity index (χ1v) is 7.12. The van der Waals surface area contributed by atoms with E-state index in [-0.39, 0.29) is 0 Å². The number of carbonyl (C=O) groups excluding carboxylic acids is 2. The van der Waals surface area contributed by atoms with Crippen molar-refractivity contribution >= 4 is 23.6 Å². The Kier molecular flexibility index (Phi) is 6.08. The number of anilines is 1. The molecule has 0 spiro atoms. The van der Waals surface area contributed by atoms with Crippen LogP contribution in [0.3, 0.4) is 0 Å². The quantitative estimate of drug-likeness (QED) is 0.653. The fraction of sp³-hybridized carbons (Fsp3) is 0.111. The van der Waals surface area contributed by atoms with Gasteiger partial charge in [0.15, 0.2) is 6.61 Å². The molecule has 0 saturated heterocycles. The average molecular weight is 329 g/mol. The summed E-state index contributed by atoms with van der Waals surface area (Å²) in [6, 6.07) is 12.4. The number of nitrogens with one attached hydrogen (secondary N) is 1. The Hall–Kier alpha value is -3.15. The van der Waals surface area contributed by atoms with Gasteiger partial charge in [0.2, 0.25) is 0 Å². The number of amides is 1. The Morgan fingerprint density at radius 1 is 1.12 bits per heavy atom. The fourth-order valence-corrected chi connectivity index (χ4v) is 1.88. The van der Waals surface area contributed by atoms with Crippen LogP contribution in [0.4, 0.5) is 10.1 Å². The van der Waals surface area contributed by atoms with E-state index in [1.54, 1.807) is 18.2 Å². The van der Waals surface area contributed by atoms with E-state index in [1.165, 1.54) is 37.5 Å². The van der Waals surface area contributed by atoms with E-state index < -0.39 is 24.3 Å². The van der Waals surface area contributed by atoms with E-state index >= 15 is 0 Å². The number of ether oxygens (including phenoxy) is 2. The Morgan fingerprint density at radius 2 is 1.83 bits per heavy atom. The van der Waals surface area contributed by atoms with Gasteiger partial charge in [-0.1, -0.05) is 18.2 Å². The summed E-state index contributed by atoms with van der Waals surface area (Å²) in [6.45, 7) is -0.438. The third kappa shape index (κ3) is 5.24. The van der Waals surface area contributed by atoms with E-state index in [0.29, 0.717) is 17.0 Å². The molecular formula is C18H16FNO4. The number of halogens is 1. The summed E-state index contributed by atoms with van der Waals surface area (Å²) in [7, 11) is 1.53. The van der Waals surface area contributed by atoms with E-state index in [0.717, 1.165) is 0 Å². The second-order valence-corrected chi connectivity index (χ2v) is 4.74. The largest absolute Gasteiger partial charge is 0.496 e. The summed E-state index contributed by atoms with van der Waals surface area (Å²) >= 11 is 0. The molecule has 0 aliphatic heterocycles. The molecule has 0 unspecified atom stereocenters. The minimum atomic E-state index is -0.657. The number of methoxy groups -OCH3 is 1. The zero-order chi connectivity index (χ0) is 17.4. The van der Waals surface area contributed by atoms with Crippen molar-refractivity contribution in [1.29, 1.82) is 0 Å². The third-order valence-corrected chi connectivity index (χ3v) is 3.01. The van der Waals surface area contributed by atoms with E-state index in [2.05, 4.69) is 5.32 Å². The molecule has 0 saturated carbocycles. The Balaban J connectivity index is 1.83. The minimum Gasteiger partial charge on any atom is -0.496 e. The van der Waals surface area contributed by atoms with Crippen LogP contribution in [-0.4, -0.2) is 25.6 Å². The Labute approximate surface area is 138 Å². The predicted molar refractivity (Wildman–Crippen MR) is 88.0 cm³/mol. The molecule has 0 fully saturated rings. The molecule has 1 N–H and O–H groups in total. The fourth-order valence-electron chi connectivity index (χ4n) is 1.88. The van der Waals surface area contributed by atoms with Crippen LogP contribution in [0.1, 0.15) is 5.56 Å². The number of benzene rings is 2. The molecule has 0 radical (unpaired) electrons. The molecule has 5 nitrogen and oxygen atoms in total. The summed E-state index contributed by atoms with van der Waals surface area (Å²) in [5, 5.41) is 2.49. The maximum absolute atomic E-state index is 12.8. The highest BCUT2D eigenvalue weighted by molar-refractivity contribution is 5.94. The molecule has 6 heteroatoms. The van der Waals surface area contributed by atoms with Crippen LogP contribution in [-0.2, 0) is 14.3 Å². The normalized spacial score (nSPS) is 10.4. The number of hydrogen-bond acceptors (Lipinski definition) is 4. The van der Waals surface area contributed by atoms with Crippen LogP contribution in [0.2, 0.25) is 0 Å². The van der Waals surface area contributed by atoms with Crippen molar-refractivity contribution < 1.29 is 23.5 Å². The lowest BCUT2D eigenvalue weighted by Crippen LogP contribution is -2.20. The van der Waals surface area contributed by atoms with Crippen molar-refractivity contribution in [3.05, 3.63) is 66.0 Å². The third-order valence-electron chi connectivity index (χ3n) is 3.01. The molecule has 2 aromatic rings. The van der Waals surface area contributed by atoms with Crippen molar-refractivity contribution in [3.8, 4) is 5.75 Å². The number of para-hydroxylation sites is 1. The zero-order valence-corrected chi connectivity index (χ0v) is 13.0. The molecule has 124 valence electrons. The summed E-state index contributed by atoms with van der Waals surface area (Å²) < 4.78 is 22.8. The van der Waals surface area contributed by atoms with Crippen molar-refractivity contribution in [1.82, 2.24) is 0 Å². The van der Waals surface area contributed by atoms with Gasteiger partial charge in [0.05, 0.1) is 7.11 Å². The van der Waals surface area contributed by atoms with Crippen molar-refractivity contribution in [2.24, 2.45) is 0 Å². The Bertz CT molecular complexity index is 741. The first-order chi connectivity index (χ1) is 11.6. The van der Waals surface area contributed by atoms with Crippen LogP contribution >= 0.6 is 0 Å². The maximum atomic E-state index is 12.8. The van der Waals surface area contributed by atoms with Crippen molar-refractivity contribution in [2.75, 3.05) is 19.0 Å². The van der Waals surface area contributed by atoms with Gasteiger partial charge in [0.1, 0.15) is 11.6 Å². The van der Waals surface area contributed by atoms with Crippen LogP contribution < -0.4 is 10.1 Å². The predicted octanol–water partition coefficient (Wildman–Crippen LogP) is 3.03. The van der Waals surface area contributed by atoms with Crippen molar-refractivity contribution in [2.45, 2.75) is 0 Å². The van der Waals surface area contributed by atoms with Gasteiger partial charge in [0.25, 0.3) is 5.91 Å². The van der Waals surface area contributed by atoms with Gasteiger partial charge in [-0.2, -0.15) is 0 Å². The van der Waals surface area contributed by atoms with E-state index in [4.69, 9.17) is 9.47 Å². The van der Waals surface area contributed by atoms with Gasteiger partial charge in [-0.25, -0.2) is 9.18 Å². The smallest absolute Gasteiger partial charge is 0.331 e. The average Bonchev–Trinajstić information content (AvgIpc) is 2.60. The van der Waals surface area contributed by atoms with Gasteiger partial charge >= 0.3 is 5.97 Å². The second-order valence-electron chi connectivity index (χ2n) is 4.74. The highest BCUT2D eigenvalue weighted by Crippen LogP contribution is 2.18. The van der Waals surface area contributed by atoms with Crippen LogP contribution in [0.5, 0.6) is 5.75 Å². The first-order valence-electron chi connectivity index (χ1n) is 7.12. The number of carbonyl (C=O) groups is 2. The number of hydrogen-bond donors (Lipinski definition) is 1. The topological polar surface area (TPSA) is 64.6 Å². The van der Waals surface area contributed by atoms with Gasteiger partial charge < -0.3 is 14.8 Å². The van der Waals surface area contributed by atoms with Crippen LogP contribution in [0.25, 0.3) is 6.08 Å². The summed E-state index contributed by atoms with van der Waals surface area (Å²) in [6.07, 6.45) is 2.75. The SMILES string of the molecule is COc1ccccc1C=CC(=O)OCC(=O)Nc1ccc(F)cc1. The van der Waals surface area contributed by atoms with Gasteiger partial charge in [0, 0.05) is 17.3 Å². The lowest BCUT2D eigenvalue weighted by molar-refractivity contribution is -0.142. The van der Waals surface area contributed by atoms with Crippen molar-refractivity contribution in [3.63, 3.8) is 0 Å². The molecule has 24 heavy (non-hydrogen) atoms. The lowest BCUT2D eigenvalue weighted by Gasteiger charge is -2.05. The molecule has 0 aliphatic rings. The molecule has 0 bridgehead atoms. The van der Waals surface area contributed by atoms with E-state index in [1.807, 2.05) is 12.1 Å². The highest BCUT2D eigenvalue weighted by atomic mass is 19.1. The van der Waals surface area contributed by atoms with Crippen LogP contribution in [0.15, 0.2) is 54.6 Å². The minimum absolute atomic E-state index is 0.402. The maximum Gasteiger partial charge on any atom is 0.331 e.